The number of hydrogen-bond donors (Lipinski definition) is 1. The molecule has 1 atom stereocenters. The van der Waals surface area contributed by atoms with Crippen molar-refractivity contribution >= 4 is 5.69 Å². The zero-order chi connectivity index (χ0) is 13.2. The van der Waals surface area contributed by atoms with Gasteiger partial charge in [0, 0.05) is 18.1 Å². The Morgan fingerprint density at radius 3 is 2.61 bits per heavy atom. The second-order valence-corrected chi connectivity index (χ2v) is 5.47. The van der Waals surface area contributed by atoms with Crippen LogP contribution in [0, 0.1) is 15.5 Å². The smallest absolute Gasteiger partial charge is 0.272 e. The molecule has 4 heteroatoms. The van der Waals surface area contributed by atoms with Gasteiger partial charge in [0.15, 0.2) is 0 Å². The van der Waals surface area contributed by atoms with Crippen molar-refractivity contribution in [3.8, 4) is 0 Å². The van der Waals surface area contributed by atoms with Gasteiger partial charge in [0.05, 0.1) is 11.0 Å². The highest BCUT2D eigenvalue weighted by Crippen LogP contribution is 2.42. The predicted octanol–water partition coefficient (Wildman–Crippen LogP) is 3.08. The summed E-state index contributed by atoms with van der Waals surface area (Å²) in [6, 6.07) is 6.68. The molecular weight excluding hydrogens is 230 g/mol. The maximum Gasteiger partial charge on any atom is 0.272 e. The standard InChI is InChI=1S/C14H19NO3/c1-14(8-4-5-9-14)13(16)10-11-6-2-3-7-12(11)15(17)18/h2-3,6-7,13,16H,4-5,8-10H2,1H3. The van der Waals surface area contributed by atoms with Gasteiger partial charge in [-0.25, -0.2) is 0 Å². The van der Waals surface area contributed by atoms with Gasteiger partial charge in [-0.05, 0) is 18.3 Å². The lowest BCUT2D eigenvalue weighted by atomic mass is 9.80. The molecule has 0 spiro atoms. The van der Waals surface area contributed by atoms with Crippen LogP contribution in [0.25, 0.3) is 0 Å². The maximum atomic E-state index is 10.9. The summed E-state index contributed by atoms with van der Waals surface area (Å²) in [5.41, 5.74) is 0.658. The summed E-state index contributed by atoms with van der Waals surface area (Å²) in [5, 5.41) is 21.3. The van der Waals surface area contributed by atoms with Crippen molar-refractivity contribution in [3.05, 3.63) is 39.9 Å². The molecule has 0 amide bonds. The number of nitro benzene ring substituents is 1. The zero-order valence-corrected chi connectivity index (χ0v) is 10.6. The summed E-state index contributed by atoms with van der Waals surface area (Å²) in [7, 11) is 0. The van der Waals surface area contributed by atoms with E-state index in [0.717, 1.165) is 25.7 Å². The third-order valence-corrected chi connectivity index (χ3v) is 4.15. The van der Waals surface area contributed by atoms with Crippen LogP contribution in [-0.2, 0) is 6.42 Å². The fourth-order valence-corrected chi connectivity index (χ4v) is 2.83. The summed E-state index contributed by atoms with van der Waals surface area (Å²) in [6.07, 6.45) is 4.17. The quantitative estimate of drug-likeness (QED) is 0.658. The topological polar surface area (TPSA) is 63.4 Å². The van der Waals surface area contributed by atoms with E-state index in [1.165, 1.54) is 6.07 Å². The Balaban J connectivity index is 2.16. The number of nitrogens with zero attached hydrogens (tertiary/aromatic N) is 1. The third-order valence-electron chi connectivity index (χ3n) is 4.15. The van der Waals surface area contributed by atoms with Crippen LogP contribution < -0.4 is 0 Å². The maximum absolute atomic E-state index is 10.9. The van der Waals surface area contributed by atoms with Gasteiger partial charge in [0.2, 0.25) is 0 Å². The van der Waals surface area contributed by atoms with Crippen molar-refractivity contribution in [3.63, 3.8) is 0 Å². The minimum absolute atomic E-state index is 0.0797. The van der Waals surface area contributed by atoms with Gasteiger partial charge in [0.25, 0.3) is 5.69 Å². The minimum Gasteiger partial charge on any atom is -0.392 e. The van der Waals surface area contributed by atoms with Gasteiger partial charge in [-0.1, -0.05) is 38.0 Å². The largest absolute Gasteiger partial charge is 0.392 e. The zero-order valence-electron chi connectivity index (χ0n) is 10.6. The molecule has 0 radical (unpaired) electrons. The molecule has 2 rings (SSSR count). The molecule has 18 heavy (non-hydrogen) atoms. The van der Waals surface area contributed by atoms with Crippen molar-refractivity contribution in [2.24, 2.45) is 5.41 Å². The highest BCUT2D eigenvalue weighted by molar-refractivity contribution is 5.40. The molecule has 4 nitrogen and oxygen atoms in total. The van der Waals surface area contributed by atoms with Gasteiger partial charge < -0.3 is 5.11 Å². The molecular formula is C14H19NO3. The van der Waals surface area contributed by atoms with E-state index in [4.69, 9.17) is 0 Å². The molecule has 1 aliphatic carbocycles. The van der Waals surface area contributed by atoms with E-state index in [9.17, 15) is 15.2 Å². The van der Waals surface area contributed by atoms with Crippen LogP contribution in [0.1, 0.15) is 38.2 Å². The number of para-hydroxylation sites is 1. The lowest BCUT2D eigenvalue weighted by molar-refractivity contribution is -0.385. The highest BCUT2D eigenvalue weighted by Gasteiger charge is 2.36. The van der Waals surface area contributed by atoms with Crippen LogP contribution in [0.15, 0.2) is 24.3 Å². The molecule has 1 aliphatic rings. The number of rotatable bonds is 4. The molecule has 0 aromatic heterocycles. The van der Waals surface area contributed by atoms with Crippen molar-refractivity contribution in [1.29, 1.82) is 0 Å². The third kappa shape index (κ3) is 2.53. The number of aliphatic hydroxyl groups excluding tert-OH is 1. The van der Waals surface area contributed by atoms with E-state index in [2.05, 4.69) is 6.92 Å². The minimum atomic E-state index is -0.499. The monoisotopic (exact) mass is 249 g/mol. The van der Waals surface area contributed by atoms with E-state index in [1.54, 1.807) is 18.2 Å². The molecule has 0 saturated heterocycles. The molecule has 0 aliphatic heterocycles. The molecule has 1 N–H and O–H groups in total. The molecule has 1 aromatic rings. The first-order chi connectivity index (χ1) is 8.53. The van der Waals surface area contributed by atoms with E-state index in [-0.39, 0.29) is 16.0 Å². The molecule has 0 heterocycles. The first-order valence-electron chi connectivity index (χ1n) is 6.43. The second-order valence-electron chi connectivity index (χ2n) is 5.47. The van der Waals surface area contributed by atoms with Gasteiger partial charge in [-0.15, -0.1) is 0 Å². The molecule has 1 fully saturated rings. The molecule has 1 unspecified atom stereocenters. The molecule has 1 aromatic carbocycles. The van der Waals surface area contributed by atoms with Crippen molar-refractivity contribution < 1.29 is 10.0 Å². The Kier molecular flexibility index (Phi) is 3.66. The van der Waals surface area contributed by atoms with E-state index >= 15 is 0 Å². The van der Waals surface area contributed by atoms with Crippen molar-refractivity contribution in [2.75, 3.05) is 0 Å². The Morgan fingerprint density at radius 2 is 2.00 bits per heavy atom. The SMILES string of the molecule is CC1(C(O)Cc2ccccc2[N+](=O)[O-])CCCC1. The molecule has 0 bridgehead atoms. The number of nitro groups is 1. The summed E-state index contributed by atoms with van der Waals surface area (Å²) < 4.78 is 0. The first kappa shape index (κ1) is 13.0. The summed E-state index contributed by atoms with van der Waals surface area (Å²) >= 11 is 0. The average Bonchev–Trinajstić information content (AvgIpc) is 2.78. The first-order valence-corrected chi connectivity index (χ1v) is 6.43. The molecule has 98 valence electrons. The van der Waals surface area contributed by atoms with E-state index < -0.39 is 6.10 Å². The van der Waals surface area contributed by atoms with Crippen molar-refractivity contribution in [2.45, 2.75) is 45.1 Å². The Hall–Kier alpha value is -1.42. The number of hydrogen-bond acceptors (Lipinski definition) is 3. The number of aliphatic hydroxyl groups is 1. The van der Waals surface area contributed by atoms with E-state index in [0.29, 0.717) is 12.0 Å². The van der Waals surface area contributed by atoms with Crippen LogP contribution in [0.3, 0.4) is 0 Å². The van der Waals surface area contributed by atoms with Crippen molar-refractivity contribution in [1.82, 2.24) is 0 Å². The van der Waals surface area contributed by atoms with Crippen LogP contribution in [-0.4, -0.2) is 16.1 Å². The van der Waals surface area contributed by atoms with Crippen LogP contribution >= 0.6 is 0 Å². The Morgan fingerprint density at radius 1 is 1.39 bits per heavy atom. The molecule has 1 saturated carbocycles. The lowest BCUT2D eigenvalue weighted by Gasteiger charge is -2.29. The van der Waals surface area contributed by atoms with Crippen LogP contribution in [0.4, 0.5) is 5.69 Å². The van der Waals surface area contributed by atoms with Gasteiger partial charge in [0.1, 0.15) is 0 Å². The lowest BCUT2D eigenvalue weighted by Crippen LogP contribution is -2.31. The van der Waals surface area contributed by atoms with Gasteiger partial charge >= 0.3 is 0 Å². The highest BCUT2D eigenvalue weighted by atomic mass is 16.6. The Labute approximate surface area is 107 Å². The summed E-state index contributed by atoms with van der Waals surface area (Å²) in [6.45, 7) is 2.08. The summed E-state index contributed by atoms with van der Waals surface area (Å²) in [4.78, 5) is 10.6. The summed E-state index contributed by atoms with van der Waals surface area (Å²) in [5.74, 6) is 0. The Bertz CT molecular complexity index is 438. The average molecular weight is 249 g/mol. The normalized spacial score (nSPS) is 19.7. The fraction of sp³-hybridized carbons (Fsp3) is 0.571. The second kappa shape index (κ2) is 5.06. The van der Waals surface area contributed by atoms with E-state index in [1.807, 2.05) is 0 Å². The fourth-order valence-electron chi connectivity index (χ4n) is 2.83. The van der Waals surface area contributed by atoms with Gasteiger partial charge in [-0.3, -0.25) is 10.1 Å². The van der Waals surface area contributed by atoms with Crippen LogP contribution in [0.5, 0.6) is 0 Å². The predicted molar refractivity (Wildman–Crippen MR) is 69.4 cm³/mol. The van der Waals surface area contributed by atoms with Gasteiger partial charge in [-0.2, -0.15) is 0 Å². The number of benzene rings is 1. The van der Waals surface area contributed by atoms with Crippen LogP contribution in [0.2, 0.25) is 0 Å².